The van der Waals surface area contributed by atoms with Crippen LogP contribution in [0.25, 0.3) is 0 Å². The van der Waals surface area contributed by atoms with Gasteiger partial charge in [-0.2, -0.15) is 4.99 Å². The number of aliphatic imine (C=N–C) groups is 1. The summed E-state index contributed by atoms with van der Waals surface area (Å²) in [5, 5.41) is 0. The SMILES string of the molecule is CC1COCCC12C(N)=NC(=O)N2C. The Bertz CT molecular complexity index is 302. The molecule has 0 radical (unpaired) electrons. The smallest absolute Gasteiger partial charge is 0.345 e. The summed E-state index contributed by atoms with van der Waals surface area (Å²) in [5.74, 6) is 0.650. The van der Waals surface area contributed by atoms with E-state index in [9.17, 15) is 4.79 Å². The number of likely N-dealkylation sites (N-methyl/N-ethyl adjacent to an activating group) is 1. The molecule has 1 fully saturated rings. The first-order chi connectivity index (χ1) is 6.59. The van der Waals surface area contributed by atoms with E-state index in [1.54, 1.807) is 11.9 Å². The molecule has 2 atom stereocenters. The molecule has 2 aliphatic rings. The van der Waals surface area contributed by atoms with Gasteiger partial charge >= 0.3 is 6.03 Å². The minimum atomic E-state index is -0.394. The highest BCUT2D eigenvalue weighted by atomic mass is 16.5. The van der Waals surface area contributed by atoms with E-state index < -0.39 is 5.54 Å². The third-order valence-corrected chi connectivity index (χ3v) is 3.36. The van der Waals surface area contributed by atoms with Crippen LogP contribution in [0.15, 0.2) is 4.99 Å². The van der Waals surface area contributed by atoms with E-state index in [4.69, 9.17) is 10.5 Å². The van der Waals surface area contributed by atoms with E-state index in [-0.39, 0.29) is 11.9 Å². The van der Waals surface area contributed by atoms with Gasteiger partial charge in [-0.15, -0.1) is 0 Å². The van der Waals surface area contributed by atoms with E-state index in [0.717, 1.165) is 6.42 Å². The molecule has 2 amide bonds. The zero-order valence-corrected chi connectivity index (χ0v) is 8.49. The molecule has 0 aromatic heterocycles. The molecule has 0 aliphatic carbocycles. The number of rotatable bonds is 0. The highest BCUT2D eigenvalue weighted by Gasteiger charge is 2.51. The molecule has 1 saturated heterocycles. The summed E-state index contributed by atoms with van der Waals surface area (Å²) >= 11 is 0. The van der Waals surface area contributed by atoms with Gasteiger partial charge in [-0.3, -0.25) is 0 Å². The molecule has 78 valence electrons. The third-order valence-electron chi connectivity index (χ3n) is 3.36. The van der Waals surface area contributed by atoms with Crippen LogP contribution in [0.2, 0.25) is 0 Å². The monoisotopic (exact) mass is 197 g/mol. The van der Waals surface area contributed by atoms with Crippen molar-refractivity contribution in [1.82, 2.24) is 4.90 Å². The fourth-order valence-corrected chi connectivity index (χ4v) is 2.37. The second-order valence-corrected chi connectivity index (χ2v) is 3.99. The summed E-state index contributed by atoms with van der Waals surface area (Å²) in [6, 6.07) is -0.240. The zero-order valence-electron chi connectivity index (χ0n) is 8.49. The number of hydrogen-bond donors (Lipinski definition) is 1. The van der Waals surface area contributed by atoms with Crippen LogP contribution in [0.3, 0.4) is 0 Å². The quantitative estimate of drug-likeness (QED) is 0.603. The van der Waals surface area contributed by atoms with Crippen molar-refractivity contribution >= 4 is 11.9 Å². The van der Waals surface area contributed by atoms with Gasteiger partial charge in [0.15, 0.2) is 0 Å². The number of ether oxygens (including phenoxy) is 1. The molecule has 5 heteroatoms. The Hall–Kier alpha value is -1.10. The molecular weight excluding hydrogens is 182 g/mol. The number of urea groups is 1. The first-order valence-corrected chi connectivity index (χ1v) is 4.79. The maximum atomic E-state index is 11.4. The van der Waals surface area contributed by atoms with Crippen LogP contribution in [0.1, 0.15) is 13.3 Å². The maximum Gasteiger partial charge on any atom is 0.345 e. The summed E-state index contributed by atoms with van der Waals surface area (Å²) in [5.41, 5.74) is 5.45. The fraction of sp³-hybridized carbons (Fsp3) is 0.778. The van der Waals surface area contributed by atoms with E-state index >= 15 is 0 Å². The van der Waals surface area contributed by atoms with Gasteiger partial charge in [0.05, 0.1) is 6.61 Å². The van der Waals surface area contributed by atoms with Gasteiger partial charge in [-0.25, -0.2) is 4.79 Å². The van der Waals surface area contributed by atoms with Gasteiger partial charge in [0, 0.05) is 26.0 Å². The Labute approximate surface area is 82.9 Å². The zero-order chi connectivity index (χ0) is 10.3. The lowest BCUT2D eigenvalue weighted by molar-refractivity contribution is -0.00750. The second-order valence-electron chi connectivity index (χ2n) is 3.99. The molecule has 0 saturated carbocycles. The molecule has 2 N–H and O–H groups in total. The largest absolute Gasteiger partial charge is 0.385 e. The van der Waals surface area contributed by atoms with Crippen molar-refractivity contribution in [2.45, 2.75) is 18.9 Å². The summed E-state index contributed by atoms with van der Waals surface area (Å²) in [7, 11) is 1.76. The molecule has 0 aromatic rings. The Kier molecular flexibility index (Phi) is 1.99. The number of carbonyl (C=O) groups excluding carboxylic acids is 1. The molecule has 2 heterocycles. The Balaban J connectivity index is 2.38. The first kappa shape index (κ1) is 9.45. The van der Waals surface area contributed by atoms with Gasteiger partial charge in [0.1, 0.15) is 11.4 Å². The van der Waals surface area contributed by atoms with Gasteiger partial charge < -0.3 is 15.4 Å². The molecule has 0 aromatic carbocycles. The Morgan fingerprint density at radius 2 is 2.43 bits per heavy atom. The van der Waals surface area contributed by atoms with Gasteiger partial charge in [-0.05, 0) is 0 Å². The number of amidine groups is 1. The van der Waals surface area contributed by atoms with Gasteiger partial charge in [0.25, 0.3) is 0 Å². The summed E-state index contributed by atoms with van der Waals surface area (Å²) < 4.78 is 5.35. The molecule has 1 spiro atoms. The summed E-state index contributed by atoms with van der Waals surface area (Å²) in [6.45, 7) is 3.31. The summed E-state index contributed by atoms with van der Waals surface area (Å²) in [4.78, 5) is 16.9. The number of carbonyl (C=O) groups is 1. The predicted octanol–water partition coefficient (Wildman–Crippen LogP) is 0.204. The van der Waals surface area contributed by atoms with Crippen LogP contribution >= 0.6 is 0 Å². The Morgan fingerprint density at radius 3 is 2.93 bits per heavy atom. The lowest BCUT2D eigenvalue weighted by atomic mass is 9.79. The normalized spacial score (nSPS) is 37.9. The highest BCUT2D eigenvalue weighted by Crippen LogP contribution is 2.35. The lowest BCUT2D eigenvalue weighted by Crippen LogP contribution is -2.60. The van der Waals surface area contributed by atoms with Crippen molar-refractivity contribution < 1.29 is 9.53 Å². The van der Waals surface area contributed by atoms with Crippen LogP contribution in [-0.4, -0.2) is 42.6 Å². The fourth-order valence-electron chi connectivity index (χ4n) is 2.37. The number of amides is 2. The van der Waals surface area contributed by atoms with Crippen molar-refractivity contribution in [1.29, 1.82) is 0 Å². The van der Waals surface area contributed by atoms with Crippen molar-refractivity contribution in [2.75, 3.05) is 20.3 Å². The standard InChI is InChI=1S/C9H15N3O2/c1-6-5-14-4-3-9(6)7(10)11-8(13)12(9)2/h6H,3-5H2,1-2H3,(H2,10,11,13). The lowest BCUT2D eigenvalue weighted by Gasteiger charge is -2.43. The molecule has 2 unspecified atom stereocenters. The Morgan fingerprint density at radius 1 is 1.71 bits per heavy atom. The van der Waals surface area contributed by atoms with E-state index in [2.05, 4.69) is 4.99 Å². The van der Waals surface area contributed by atoms with Gasteiger partial charge in [0.2, 0.25) is 0 Å². The van der Waals surface area contributed by atoms with E-state index in [1.807, 2.05) is 6.92 Å². The minimum absolute atomic E-state index is 0.205. The van der Waals surface area contributed by atoms with Crippen LogP contribution in [-0.2, 0) is 4.74 Å². The van der Waals surface area contributed by atoms with Crippen LogP contribution < -0.4 is 5.73 Å². The topological polar surface area (TPSA) is 67.9 Å². The number of nitrogens with two attached hydrogens (primary N) is 1. The molecule has 14 heavy (non-hydrogen) atoms. The van der Waals surface area contributed by atoms with E-state index in [0.29, 0.717) is 19.0 Å². The number of hydrogen-bond acceptors (Lipinski definition) is 3. The predicted molar refractivity (Wildman–Crippen MR) is 52.1 cm³/mol. The molecule has 5 nitrogen and oxygen atoms in total. The second kappa shape index (κ2) is 2.95. The maximum absolute atomic E-state index is 11.4. The molecule has 0 bridgehead atoms. The molecular formula is C9H15N3O2. The average molecular weight is 197 g/mol. The van der Waals surface area contributed by atoms with Crippen LogP contribution in [0.4, 0.5) is 4.79 Å². The van der Waals surface area contributed by atoms with Crippen LogP contribution in [0.5, 0.6) is 0 Å². The first-order valence-electron chi connectivity index (χ1n) is 4.79. The molecule has 2 aliphatic heterocycles. The summed E-state index contributed by atoms with van der Waals surface area (Å²) in [6.07, 6.45) is 0.742. The minimum Gasteiger partial charge on any atom is -0.385 e. The average Bonchev–Trinajstić information content (AvgIpc) is 2.36. The van der Waals surface area contributed by atoms with E-state index in [1.165, 1.54) is 0 Å². The van der Waals surface area contributed by atoms with Crippen molar-refractivity contribution in [3.63, 3.8) is 0 Å². The highest BCUT2D eigenvalue weighted by molar-refractivity contribution is 6.05. The van der Waals surface area contributed by atoms with Crippen molar-refractivity contribution in [2.24, 2.45) is 16.6 Å². The van der Waals surface area contributed by atoms with Crippen molar-refractivity contribution in [3.05, 3.63) is 0 Å². The van der Waals surface area contributed by atoms with Gasteiger partial charge in [-0.1, -0.05) is 6.92 Å². The van der Waals surface area contributed by atoms with Crippen molar-refractivity contribution in [3.8, 4) is 0 Å². The number of nitrogens with zero attached hydrogens (tertiary/aromatic N) is 2. The van der Waals surface area contributed by atoms with Crippen LogP contribution in [0, 0.1) is 5.92 Å². The third kappa shape index (κ3) is 0.987. The molecule has 2 rings (SSSR count).